The van der Waals surface area contributed by atoms with E-state index in [4.69, 9.17) is 14.5 Å². The summed E-state index contributed by atoms with van der Waals surface area (Å²) in [4.78, 5) is 11.5. The number of guanidine groups is 1. The summed E-state index contributed by atoms with van der Waals surface area (Å²) in [5, 5.41) is 6.68. The molecule has 1 aliphatic rings. The second-order valence-corrected chi connectivity index (χ2v) is 7.59. The van der Waals surface area contributed by atoms with Crippen molar-refractivity contribution in [1.29, 1.82) is 0 Å². The number of aliphatic imine (C=N–C) groups is 1. The average molecular weight is 519 g/mol. The first-order valence-electron chi connectivity index (χ1n) is 10.5. The lowest BCUT2D eigenvalue weighted by Crippen LogP contribution is -2.41. The minimum absolute atomic E-state index is 0. The maximum Gasteiger partial charge on any atom is 0.191 e. The summed E-state index contributed by atoms with van der Waals surface area (Å²) in [6, 6.07) is 4.16. The maximum absolute atomic E-state index is 5.62. The van der Waals surface area contributed by atoms with Gasteiger partial charge in [-0.05, 0) is 43.9 Å². The van der Waals surface area contributed by atoms with Crippen molar-refractivity contribution in [1.82, 2.24) is 15.6 Å². The fourth-order valence-electron chi connectivity index (χ4n) is 2.97. The molecule has 1 fully saturated rings. The van der Waals surface area contributed by atoms with Crippen molar-refractivity contribution in [3.63, 3.8) is 0 Å². The molecule has 0 aromatic carbocycles. The summed E-state index contributed by atoms with van der Waals surface area (Å²) in [5.41, 5.74) is 1.15. The van der Waals surface area contributed by atoms with Crippen LogP contribution in [-0.2, 0) is 16.0 Å². The van der Waals surface area contributed by atoms with Crippen molar-refractivity contribution >= 4 is 35.8 Å². The summed E-state index contributed by atoms with van der Waals surface area (Å²) >= 11 is 0. The Hall–Kier alpha value is -1.13. The monoisotopic (exact) mass is 519 g/mol. The Kier molecular flexibility index (Phi) is 13.2. The molecule has 1 aromatic heterocycles. The van der Waals surface area contributed by atoms with E-state index in [1.54, 1.807) is 0 Å². The van der Waals surface area contributed by atoms with E-state index in [0.29, 0.717) is 12.5 Å². The number of nitrogens with one attached hydrogen (secondary N) is 2. The van der Waals surface area contributed by atoms with Gasteiger partial charge in [0.05, 0.1) is 19.3 Å². The Labute approximate surface area is 193 Å². The predicted octanol–water partition coefficient (Wildman–Crippen LogP) is 3.04. The standard InChI is InChI=1S/C21H37N5O2.HI/c1-5-22-21(24-8-6-11-27-16-17(2)3)25-14-19-7-9-23-20(13-19)26-10-12-28-18(4)15-26;/h7,9,13,17-18H,5-6,8,10-12,14-16H2,1-4H3,(H2,22,24,25);1H. The first-order valence-corrected chi connectivity index (χ1v) is 10.5. The smallest absolute Gasteiger partial charge is 0.191 e. The molecule has 2 N–H and O–H groups in total. The van der Waals surface area contributed by atoms with Crippen LogP contribution in [-0.4, -0.2) is 63.0 Å². The molecule has 1 aromatic rings. The molecule has 1 unspecified atom stereocenters. The highest BCUT2D eigenvalue weighted by Gasteiger charge is 2.17. The minimum atomic E-state index is 0. The number of rotatable bonds is 10. The molecule has 0 saturated carbocycles. The van der Waals surface area contributed by atoms with Crippen molar-refractivity contribution in [3.8, 4) is 0 Å². The van der Waals surface area contributed by atoms with E-state index in [9.17, 15) is 0 Å². The van der Waals surface area contributed by atoms with E-state index in [2.05, 4.69) is 54.3 Å². The zero-order valence-electron chi connectivity index (χ0n) is 18.3. The van der Waals surface area contributed by atoms with Crippen molar-refractivity contribution in [2.75, 3.05) is 50.9 Å². The molecule has 0 radical (unpaired) electrons. The lowest BCUT2D eigenvalue weighted by molar-refractivity contribution is 0.0529. The van der Waals surface area contributed by atoms with Gasteiger partial charge in [0.2, 0.25) is 0 Å². The van der Waals surface area contributed by atoms with Crippen molar-refractivity contribution in [2.24, 2.45) is 10.9 Å². The third-order valence-corrected chi connectivity index (χ3v) is 4.35. The van der Waals surface area contributed by atoms with E-state index in [1.807, 2.05) is 12.3 Å². The molecular formula is C21H38IN5O2. The van der Waals surface area contributed by atoms with Crippen LogP contribution in [0.25, 0.3) is 0 Å². The number of hydrogen-bond donors (Lipinski definition) is 2. The zero-order chi connectivity index (χ0) is 20.2. The van der Waals surface area contributed by atoms with E-state index in [0.717, 1.165) is 69.8 Å². The van der Waals surface area contributed by atoms with Gasteiger partial charge in [-0.3, -0.25) is 0 Å². The number of aromatic nitrogens is 1. The molecule has 0 aliphatic carbocycles. The topological polar surface area (TPSA) is 71.0 Å². The molecule has 166 valence electrons. The van der Waals surface area contributed by atoms with Gasteiger partial charge in [0, 0.05) is 45.6 Å². The Bertz CT molecular complexity index is 600. The number of hydrogen-bond acceptors (Lipinski definition) is 5. The van der Waals surface area contributed by atoms with Crippen molar-refractivity contribution in [3.05, 3.63) is 23.9 Å². The molecule has 0 bridgehead atoms. The molecule has 1 saturated heterocycles. The highest BCUT2D eigenvalue weighted by atomic mass is 127. The third-order valence-electron chi connectivity index (χ3n) is 4.35. The SMILES string of the molecule is CCNC(=NCc1ccnc(N2CCOC(C)C2)c1)NCCCOCC(C)C.I. The fourth-order valence-corrected chi connectivity index (χ4v) is 2.97. The molecule has 1 atom stereocenters. The fraction of sp³-hybridized carbons (Fsp3) is 0.714. The summed E-state index contributed by atoms with van der Waals surface area (Å²) in [5.74, 6) is 2.42. The molecule has 1 aliphatic heterocycles. The van der Waals surface area contributed by atoms with Crippen LogP contribution in [0.3, 0.4) is 0 Å². The Morgan fingerprint density at radius 1 is 1.41 bits per heavy atom. The summed E-state index contributed by atoms with van der Waals surface area (Å²) in [7, 11) is 0. The molecule has 8 heteroatoms. The van der Waals surface area contributed by atoms with Crippen molar-refractivity contribution < 1.29 is 9.47 Å². The average Bonchev–Trinajstić information content (AvgIpc) is 2.68. The predicted molar refractivity (Wildman–Crippen MR) is 130 cm³/mol. The van der Waals surface area contributed by atoms with E-state index in [-0.39, 0.29) is 30.1 Å². The van der Waals surface area contributed by atoms with E-state index < -0.39 is 0 Å². The number of morpholine rings is 1. The molecular weight excluding hydrogens is 481 g/mol. The number of ether oxygens (including phenoxy) is 2. The summed E-state index contributed by atoms with van der Waals surface area (Å²) in [6.45, 7) is 14.9. The van der Waals surface area contributed by atoms with Gasteiger partial charge in [-0.1, -0.05) is 13.8 Å². The van der Waals surface area contributed by atoms with Crippen LogP contribution in [0, 0.1) is 5.92 Å². The molecule has 2 rings (SSSR count). The van der Waals surface area contributed by atoms with Gasteiger partial charge < -0.3 is 25.0 Å². The van der Waals surface area contributed by atoms with Crippen LogP contribution in [0.15, 0.2) is 23.3 Å². The molecule has 2 heterocycles. The number of anilines is 1. The summed E-state index contributed by atoms with van der Waals surface area (Å²) < 4.78 is 11.2. The van der Waals surface area contributed by atoms with Gasteiger partial charge in [-0.2, -0.15) is 0 Å². The van der Waals surface area contributed by atoms with Crippen LogP contribution in [0.5, 0.6) is 0 Å². The minimum Gasteiger partial charge on any atom is -0.381 e. The van der Waals surface area contributed by atoms with Crippen LogP contribution < -0.4 is 15.5 Å². The van der Waals surface area contributed by atoms with Gasteiger partial charge in [0.15, 0.2) is 5.96 Å². The number of pyridine rings is 1. The van der Waals surface area contributed by atoms with Gasteiger partial charge >= 0.3 is 0 Å². The Morgan fingerprint density at radius 3 is 2.97 bits per heavy atom. The zero-order valence-corrected chi connectivity index (χ0v) is 20.6. The maximum atomic E-state index is 5.62. The van der Waals surface area contributed by atoms with Crippen LogP contribution in [0.1, 0.15) is 39.7 Å². The second-order valence-electron chi connectivity index (χ2n) is 7.59. The Morgan fingerprint density at radius 2 is 2.24 bits per heavy atom. The molecule has 7 nitrogen and oxygen atoms in total. The second kappa shape index (κ2) is 14.8. The van der Waals surface area contributed by atoms with E-state index >= 15 is 0 Å². The normalized spacial score (nSPS) is 17.2. The number of halogens is 1. The highest BCUT2D eigenvalue weighted by molar-refractivity contribution is 14.0. The van der Waals surface area contributed by atoms with E-state index in [1.165, 1.54) is 0 Å². The molecule has 29 heavy (non-hydrogen) atoms. The largest absolute Gasteiger partial charge is 0.381 e. The van der Waals surface area contributed by atoms with Gasteiger partial charge in [0.25, 0.3) is 0 Å². The van der Waals surface area contributed by atoms with Crippen LogP contribution >= 0.6 is 24.0 Å². The first kappa shape index (κ1) is 25.9. The van der Waals surface area contributed by atoms with Crippen LogP contribution in [0.2, 0.25) is 0 Å². The van der Waals surface area contributed by atoms with Crippen molar-refractivity contribution in [2.45, 2.75) is 46.8 Å². The Balaban J connectivity index is 0.00000420. The molecule has 0 amide bonds. The quantitative estimate of drug-likeness (QED) is 0.214. The van der Waals surface area contributed by atoms with Gasteiger partial charge in [-0.25, -0.2) is 9.98 Å². The third kappa shape index (κ3) is 10.5. The lowest BCUT2D eigenvalue weighted by Gasteiger charge is -2.32. The molecule has 0 spiro atoms. The van der Waals surface area contributed by atoms with Crippen LogP contribution in [0.4, 0.5) is 5.82 Å². The highest BCUT2D eigenvalue weighted by Crippen LogP contribution is 2.16. The first-order chi connectivity index (χ1) is 13.6. The summed E-state index contributed by atoms with van der Waals surface area (Å²) in [6.07, 6.45) is 3.07. The van der Waals surface area contributed by atoms with Gasteiger partial charge in [-0.15, -0.1) is 24.0 Å². The van der Waals surface area contributed by atoms with Gasteiger partial charge in [0.1, 0.15) is 5.82 Å². The lowest BCUT2D eigenvalue weighted by atomic mass is 10.2. The number of nitrogens with zero attached hydrogens (tertiary/aromatic N) is 3.